The molecule has 25 heavy (non-hydrogen) atoms. The number of rotatable bonds is 4. The molecule has 0 radical (unpaired) electrons. The number of hydrogen-bond donors (Lipinski definition) is 1. The van der Waals surface area contributed by atoms with Gasteiger partial charge in [-0.1, -0.05) is 48.0 Å². The van der Waals surface area contributed by atoms with E-state index in [4.69, 9.17) is 11.6 Å². The zero-order valence-electron chi connectivity index (χ0n) is 13.9. The van der Waals surface area contributed by atoms with Crippen molar-refractivity contribution >= 4 is 29.5 Å². The summed E-state index contributed by atoms with van der Waals surface area (Å²) in [4.78, 5) is 26.0. The molecule has 3 rings (SSSR count). The SMILES string of the molecule is CC(=O)N1C=Cc2ccccc2[C@H]1CC(=O)NCc1cccc(Cl)c1. The summed E-state index contributed by atoms with van der Waals surface area (Å²) in [5, 5.41) is 3.54. The number of carbonyl (C=O) groups is 2. The largest absolute Gasteiger partial charge is 0.352 e. The van der Waals surface area contributed by atoms with Gasteiger partial charge in [-0.05, 0) is 34.9 Å². The van der Waals surface area contributed by atoms with Crippen molar-refractivity contribution in [3.8, 4) is 0 Å². The first-order chi connectivity index (χ1) is 12.0. The van der Waals surface area contributed by atoms with E-state index in [-0.39, 0.29) is 24.3 Å². The molecule has 0 saturated heterocycles. The second kappa shape index (κ2) is 7.53. The highest BCUT2D eigenvalue weighted by atomic mass is 35.5. The number of benzene rings is 2. The lowest BCUT2D eigenvalue weighted by Gasteiger charge is -2.32. The smallest absolute Gasteiger partial charge is 0.223 e. The van der Waals surface area contributed by atoms with Gasteiger partial charge in [0.1, 0.15) is 0 Å². The first kappa shape index (κ1) is 17.2. The summed E-state index contributed by atoms with van der Waals surface area (Å²) in [6, 6.07) is 14.9. The van der Waals surface area contributed by atoms with Crippen molar-refractivity contribution in [2.24, 2.45) is 0 Å². The van der Waals surface area contributed by atoms with E-state index in [1.165, 1.54) is 6.92 Å². The van der Waals surface area contributed by atoms with E-state index in [1.807, 2.05) is 48.5 Å². The summed E-state index contributed by atoms with van der Waals surface area (Å²) < 4.78 is 0. The van der Waals surface area contributed by atoms with Crippen LogP contribution in [0.2, 0.25) is 5.02 Å². The van der Waals surface area contributed by atoms with Crippen molar-refractivity contribution in [2.75, 3.05) is 0 Å². The number of nitrogens with zero attached hydrogens (tertiary/aromatic N) is 1. The Bertz CT molecular complexity index is 832. The zero-order chi connectivity index (χ0) is 17.8. The third kappa shape index (κ3) is 4.09. The summed E-state index contributed by atoms with van der Waals surface area (Å²) in [6.07, 6.45) is 3.86. The molecule has 0 aliphatic carbocycles. The topological polar surface area (TPSA) is 49.4 Å². The Morgan fingerprint density at radius 3 is 2.72 bits per heavy atom. The van der Waals surface area contributed by atoms with Crippen LogP contribution in [0.15, 0.2) is 54.7 Å². The fourth-order valence-electron chi connectivity index (χ4n) is 3.01. The van der Waals surface area contributed by atoms with E-state index in [1.54, 1.807) is 17.2 Å². The Labute approximate surface area is 152 Å². The number of carbonyl (C=O) groups excluding carboxylic acids is 2. The van der Waals surface area contributed by atoms with Crippen molar-refractivity contribution in [3.05, 3.63) is 76.4 Å². The molecule has 0 unspecified atom stereocenters. The predicted octanol–water partition coefficient (Wildman–Crippen LogP) is 3.92. The molecular formula is C20H19ClN2O2. The average Bonchev–Trinajstić information content (AvgIpc) is 2.60. The van der Waals surface area contributed by atoms with Crippen molar-refractivity contribution in [1.82, 2.24) is 10.2 Å². The molecule has 1 N–H and O–H groups in total. The average molecular weight is 355 g/mol. The standard InChI is InChI=1S/C20H19ClN2O2/c1-14(24)23-10-9-16-6-2-3-8-18(16)19(23)12-20(25)22-13-15-5-4-7-17(21)11-15/h2-11,19H,12-13H2,1H3,(H,22,25)/t19-/m1/s1. The van der Waals surface area contributed by atoms with E-state index < -0.39 is 0 Å². The summed E-state index contributed by atoms with van der Waals surface area (Å²) in [7, 11) is 0. The number of halogens is 1. The highest BCUT2D eigenvalue weighted by Crippen LogP contribution is 2.32. The molecule has 4 nitrogen and oxygen atoms in total. The molecule has 1 atom stereocenters. The highest BCUT2D eigenvalue weighted by molar-refractivity contribution is 6.30. The van der Waals surface area contributed by atoms with Crippen LogP contribution in [0.1, 0.15) is 36.1 Å². The van der Waals surface area contributed by atoms with E-state index in [0.717, 1.165) is 16.7 Å². The van der Waals surface area contributed by atoms with E-state index in [9.17, 15) is 9.59 Å². The van der Waals surface area contributed by atoms with Crippen molar-refractivity contribution in [3.63, 3.8) is 0 Å². The lowest BCUT2D eigenvalue weighted by molar-refractivity contribution is -0.130. The third-order valence-electron chi connectivity index (χ3n) is 4.23. The quantitative estimate of drug-likeness (QED) is 0.904. The number of amides is 2. The molecule has 0 bridgehead atoms. The molecule has 0 saturated carbocycles. The molecule has 128 valence electrons. The third-order valence-corrected chi connectivity index (χ3v) is 4.46. The van der Waals surface area contributed by atoms with Gasteiger partial charge in [0, 0.05) is 24.7 Å². The van der Waals surface area contributed by atoms with Gasteiger partial charge in [-0.2, -0.15) is 0 Å². The van der Waals surface area contributed by atoms with Crippen LogP contribution in [0.4, 0.5) is 0 Å². The van der Waals surface area contributed by atoms with Gasteiger partial charge in [0.15, 0.2) is 0 Å². The van der Waals surface area contributed by atoms with E-state index >= 15 is 0 Å². The molecule has 2 amide bonds. The first-order valence-electron chi connectivity index (χ1n) is 8.12. The van der Waals surface area contributed by atoms with E-state index in [2.05, 4.69) is 5.32 Å². The summed E-state index contributed by atoms with van der Waals surface area (Å²) in [5.74, 6) is -0.195. The second-order valence-electron chi connectivity index (χ2n) is 6.00. The molecule has 5 heteroatoms. The van der Waals surface area contributed by atoms with Crippen LogP contribution in [0.25, 0.3) is 6.08 Å². The van der Waals surface area contributed by atoms with Gasteiger partial charge in [-0.3, -0.25) is 9.59 Å². The maximum absolute atomic E-state index is 12.4. The van der Waals surface area contributed by atoms with Crippen LogP contribution < -0.4 is 5.32 Å². The van der Waals surface area contributed by atoms with Gasteiger partial charge >= 0.3 is 0 Å². The Balaban J connectivity index is 1.72. The molecule has 1 heterocycles. The molecule has 1 aliphatic heterocycles. The van der Waals surface area contributed by atoms with Gasteiger partial charge in [0.05, 0.1) is 12.5 Å². The Hall–Kier alpha value is -2.59. The fourth-order valence-corrected chi connectivity index (χ4v) is 3.22. The van der Waals surface area contributed by atoms with Crippen LogP contribution in [0, 0.1) is 0 Å². The van der Waals surface area contributed by atoms with Gasteiger partial charge in [0.2, 0.25) is 11.8 Å². The molecule has 0 spiro atoms. The molecular weight excluding hydrogens is 336 g/mol. The molecule has 1 aliphatic rings. The van der Waals surface area contributed by atoms with Crippen LogP contribution in [0.3, 0.4) is 0 Å². The molecule has 2 aromatic rings. The highest BCUT2D eigenvalue weighted by Gasteiger charge is 2.27. The number of nitrogens with one attached hydrogen (secondary N) is 1. The minimum Gasteiger partial charge on any atom is -0.352 e. The number of hydrogen-bond acceptors (Lipinski definition) is 2. The second-order valence-corrected chi connectivity index (χ2v) is 6.43. The lowest BCUT2D eigenvalue weighted by atomic mass is 9.93. The summed E-state index contributed by atoms with van der Waals surface area (Å²) in [6.45, 7) is 1.92. The monoisotopic (exact) mass is 354 g/mol. The van der Waals surface area contributed by atoms with Crippen LogP contribution in [-0.2, 0) is 16.1 Å². The van der Waals surface area contributed by atoms with Gasteiger partial charge in [0.25, 0.3) is 0 Å². The van der Waals surface area contributed by atoms with Crippen molar-refractivity contribution < 1.29 is 9.59 Å². The predicted molar refractivity (Wildman–Crippen MR) is 98.7 cm³/mol. The van der Waals surface area contributed by atoms with Crippen LogP contribution in [-0.4, -0.2) is 16.7 Å². The van der Waals surface area contributed by atoms with E-state index in [0.29, 0.717) is 11.6 Å². The van der Waals surface area contributed by atoms with Crippen LogP contribution >= 0.6 is 11.6 Å². The summed E-state index contributed by atoms with van der Waals surface area (Å²) in [5.41, 5.74) is 2.96. The minimum absolute atomic E-state index is 0.0848. The first-order valence-corrected chi connectivity index (χ1v) is 8.49. The molecule has 0 aromatic heterocycles. The minimum atomic E-state index is -0.293. The summed E-state index contributed by atoms with van der Waals surface area (Å²) >= 11 is 5.96. The van der Waals surface area contributed by atoms with Crippen molar-refractivity contribution in [1.29, 1.82) is 0 Å². The lowest BCUT2D eigenvalue weighted by Crippen LogP contribution is -2.35. The maximum Gasteiger partial charge on any atom is 0.223 e. The van der Waals surface area contributed by atoms with Crippen molar-refractivity contribution in [2.45, 2.75) is 25.9 Å². The Morgan fingerprint density at radius 2 is 1.96 bits per heavy atom. The zero-order valence-corrected chi connectivity index (χ0v) is 14.7. The Morgan fingerprint density at radius 1 is 1.16 bits per heavy atom. The van der Waals surface area contributed by atoms with Gasteiger partial charge in [-0.15, -0.1) is 0 Å². The fraction of sp³-hybridized carbons (Fsp3) is 0.200. The number of fused-ring (bicyclic) bond motifs is 1. The molecule has 0 fully saturated rings. The normalized spacial score (nSPS) is 15.6. The van der Waals surface area contributed by atoms with Gasteiger partial charge < -0.3 is 10.2 Å². The van der Waals surface area contributed by atoms with Gasteiger partial charge in [-0.25, -0.2) is 0 Å². The van der Waals surface area contributed by atoms with Crippen LogP contribution in [0.5, 0.6) is 0 Å². The molecule has 2 aromatic carbocycles. The maximum atomic E-state index is 12.4. The Kier molecular flexibility index (Phi) is 5.19.